The van der Waals surface area contributed by atoms with Crippen LogP contribution in [0.2, 0.25) is 0 Å². The zero-order valence-electron chi connectivity index (χ0n) is 19.4. The van der Waals surface area contributed by atoms with Gasteiger partial charge in [0.05, 0.1) is 10.9 Å². The Hall–Kier alpha value is -1.40. The van der Waals surface area contributed by atoms with Gasteiger partial charge in [0.2, 0.25) is 5.91 Å². The molecule has 1 saturated carbocycles. The van der Waals surface area contributed by atoms with Gasteiger partial charge >= 0.3 is 0 Å². The van der Waals surface area contributed by atoms with Gasteiger partial charge in [-0.3, -0.25) is 14.5 Å². The summed E-state index contributed by atoms with van der Waals surface area (Å²) in [6.45, 7) is 3.43. The molecule has 0 aromatic carbocycles. The molecule has 1 aliphatic carbocycles. The number of amides is 2. The zero-order valence-corrected chi connectivity index (χ0v) is 20.3. The maximum absolute atomic E-state index is 13.1. The Morgan fingerprint density at radius 3 is 2.42 bits per heavy atom. The lowest BCUT2D eigenvalue weighted by atomic mass is 9.88. The average molecular weight is 446 g/mol. The summed E-state index contributed by atoms with van der Waals surface area (Å²) in [6, 6.07) is 5.42. The maximum atomic E-state index is 13.1. The number of hydrogen-bond donors (Lipinski definition) is 1. The Kier molecular flexibility index (Phi) is 7.37. The van der Waals surface area contributed by atoms with Crippen molar-refractivity contribution in [2.24, 2.45) is 11.8 Å². The molecular weight excluding hydrogens is 406 g/mol. The van der Waals surface area contributed by atoms with E-state index in [1.807, 2.05) is 6.07 Å². The van der Waals surface area contributed by atoms with Crippen LogP contribution in [0.1, 0.15) is 91.7 Å². The van der Waals surface area contributed by atoms with Gasteiger partial charge in [-0.25, -0.2) is 0 Å². The quantitative estimate of drug-likeness (QED) is 0.653. The van der Waals surface area contributed by atoms with Gasteiger partial charge in [-0.05, 0) is 63.0 Å². The normalized spacial score (nSPS) is 27.8. The van der Waals surface area contributed by atoms with Crippen LogP contribution in [0.5, 0.6) is 0 Å². The van der Waals surface area contributed by atoms with Crippen LogP contribution in [0.3, 0.4) is 0 Å². The second kappa shape index (κ2) is 10.0. The van der Waals surface area contributed by atoms with Crippen molar-refractivity contribution in [3.8, 4) is 0 Å². The number of carbonyl (C=O) groups is 2. The minimum atomic E-state index is 0.00175. The molecule has 1 aromatic rings. The first-order chi connectivity index (χ1) is 14.9. The molecule has 4 rings (SSSR count). The highest BCUT2D eigenvalue weighted by Crippen LogP contribution is 2.39. The molecule has 172 valence electrons. The van der Waals surface area contributed by atoms with Crippen LogP contribution >= 0.6 is 11.3 Å². The largest absolute Gasteiger partial charge is 0.348 e. The van der Waals surface area contributed by atoms with Crippen LogP contribution in [0.15, 0.2) is 12.1 Å². The van der Waals surface area contributed by atoms with Crippen molar-refractivity contribution in [2.45, 2.75) is 89.3 Å². The lowest BCUT2D eigenvalue weighted by Crippen LogP contribution is -2.44. The number of carbonyl (C=O) groups excluding carboxylic acids is 2. The molecule has 3 heterocycles. The topological polar surface area (TPSA) is 52.7 Å². The third kappa shape index (κ3) is 5.33. The second-order valence-corrected chi connectivity index (χ2v) is 11.4. The van der Waals surface area contributed by atoms with Gasteiger partial charge in [-0.1, -0.05) is 26.2 Å². The monoisotopic (exact) mass is 445 g/mol. The highest BCUT2D eigenvalue weighted by molar-refractivity contribution is 7.14. The van der Waals surface area contributed by atoms with Crippen molar-refractivity contribution in [2.75, 3.05) is 20.6 Å². The van der Waals surface area contributed by atoms with Gasteiger partial charge in [0.25, 0.3) is 5.91 Å². The number of rotatable bonds is 7. The van der Waals surface area contributed by atoms with Crippen molar-refractivity contribution < 1.29 is 9.59 Å². The smallest absolute Gasteiger partial charge is 0.263 e. The molecular formula is C25H39N3O2S. The van der Waals surface area contributed by atoms with Crippen LogP contribution in [0, 0.1) is 11.8 Å². The van der Waals surface area contributed by atoms with E-state index in [9.17, 15) is 9.59 Å². The molecule has 0 radical (unpaired) electrons. The molecule has 3 fully saturated rings. The summed E-state index contributed by atoms with van der Waals surface area (Å²) in [4.78, 5) is 31.7. The van der Waals surface area contributed by atoms with Gasteiger partial charge in [-0.15, -0.1) is 11.3 Å². The molecule has 2 saturated heterocycles. The molecule has 2 aliphatic heterocycles. The second-order valence-electron chi connectivity index (χ2n) is 10.3. The van der Waals surface area contributed by atoms with Crippen LogP contribution < -0.4 is 5.32 Å². The minimum absolute atomic E-state index is 0.00175. The fourth-order valence-electron chi connectivity index (χ4n) is 6.00. The molecule has 6 heteroatoms. The van der Waals surface area contributed by atoms with E-state index >= 15 is 0 Å². The molecule has 31 heavy (non-hydrogen) atoms. The van der Waals surface area contributed by atoms with E-state index in [0.717, 1.165) is 53.6 Å². The first-order valence-corrected chi connectivity index (χ1v) is 13.1. The summed E-state index contributed by atoms with van der Waals surface area (Å²) >= 11 is 1.55. The molecule has 5 nitrogen and oxygen atoms in total. The van der Waals surface area contributed by atoms with Crippen molar-refractivity contribution in [1.29, 1.82) is 0 Å². The van der Waals surface area contributed by atoms with Gasteiger partial charge in [0, 0.05) is 43.5 Å². The molecule has 1 N–H and O–H groups in total. The van der Waals surface area contributed by atoms with Crippen molar-refractivity contribution in [3.05, 3.63) is 21.9 Å². The summed E-state index contributed by atoms with van der Waals surface area (Å²) in [7, 11) is 3.58. The first kappa shape index (κ1) is 22.8. The predicted molar refractivity (Wildman–Crippen MR) is 126 cm³/mol. The number of nitrogens with zero attached hydrogens (tertiary/aromatic N) is 2. The molecule has 3 aliphatic rings. The Bertz CT molecular complexity index is 757. The van der Waals surface area contributed by atoms with Gasteiger partial charge in [-0.2, -0.15) is 0 Å². The van der Waals surface area contributed by atoms with E-state index in [-0.39, 0.29) is 23.8 Å². The SMILES string of the molecule is CC1CC2CCC(C1)N2CC[C@H](NC(=O)C1CCCCC1)c1ccc(C(=O)N(C)C)s1. The van der Waals surface area contributed by atoms with Crippen LogP contribution in [0.4, 0.5) is 0 Å². The summed E-state index contributed by atoms with van der Waals surface area (Å²) in [5.41, 5.74) is 0. The fourth-order valence-corrected chi connectivity index (χ4v) is 7.12. The summed E-state index contributed by atoms with van der Waals surface area (Å²) in [5.74, 6) is 1.25. The fraction of sp³-hybridized carbons (Fsp3) is 0.760. The van der Waals surface area contributed by atoms with Crippen molar-refractivity contribution in [3.63, 3.8) is 0 Å². The van der Waals surface area contributed by atoms with Crippen LogP contribution in [0.25, 0.3) is 0 Å². The third-order valence-electron chi connectivity index (χ3n) is 7.68. The van der Waals surface area contributed by atoms with Crippen molar-refractivity contribution >= 4 is 23.2 Å². The summed E-state index contributed by atoms with van der Waals surface area (Å²) in [5, 5.41) is 3.40. The lowest BCUT2D eigenvalue weighted by Gasteiger charge is -2.38. The number of fused-ring (bicyclic) bond motifs is 2. The van der Waals surface area contributed by atoms with Gasteiger partial charge in [0.1, 0.15) is 0 Å². The molecule has 0 spiro atoms. The number of hydrogen-bond acceptors (Lipinski definition) is 4. The highest BCUT2D eigenvalue weighted by atomic mass is 32.1. The molecule has 1 aromatic heterocycles. The van der Waals surface area contributed by atoms with E-state index in [0.29, 0.717) is 0 Å². The van der Waals surface area contributed by atoms with E-state index in [1.54, 1.807) is 30.3 Å². The average Bonchev–Trinajstić information content (AvgIpc) is 3.34. The summed E-state index contributed by atoms with van der Waals surface area (Å²) < 4.78 is 0. The molecule has 2 unspecified atom stereocenters. The Morgan fingerprint density at radius 2 is 1.77 bits per heavy atom. The van der Waals surface area contributed by atoms with E-state index in [2.05, 4.69) is 23.2 Å². The minimum Gasteiger partial charge on any atom is -0.348 e. The Labute approximate surface area is 191 Å². The maximum Gasteiger partial charge on any atom is 0.263 e. The van der Waals surface area contributed by atoms with Gasteiger partial charge < -0.3 is 10.2 Å². The number of nitrogens with one attached hydrogen (secondary N) is 1. The van der Waals surface area contributed by atoms with E-state index in [4.69, 9.17) is 0 Å². The third-order valence-corrected chi connectivity index (χ3v) is 8.86. The van der Waals surface area contributed by atoms with Crippen LogP contribution in [-0.4, -0.2) is 54.3 Å². The van der Waals surface area contributed by atoms with Crippen molar-refractivity contribution in [1.82, 2.24) is 15.1 Å². The number of piperidine rings is 1. The predicted octanol–water partition coefficient (Wildman–Crippen LogP) is 4.84. The Balaban J connectivity index is 1.46. The Morgan fingerprint density at radius 1 is 1.10 bits per heavy atom. The first-order valence-electron chi connectivity index (χ1n) is 12.3. The number of thiophene rings is 1. The van der Waals surface area contributed by atoms with E-state index < -0.39 is 0 Å². The standard InChI is InChI=1S/C25H39N3O2S/c1-17-15-19-9-10-20(16-17)28(19)14-13-21(26-24(29)18-7-5-4-6-8-18)22-11-12-23(31-22)25(30)27(2)3/h11-12,17-21H,4-10,13-16H2,1-3H3,(H,26,29)/t17?,19?,20?,21-/m0/s1. The summed E-state index contributed by atoms with van der Waals surface area (Å²) in [6.07, 6.45) is 11.8. The van der Waals surface area contributed by atoms with Crippen LogP contribution in [-0.2, 0) is 4.79 Å². The molecule has 2 amide bonds. The van der Waals surface area contributed by atoms with E-state index in [1.165, 1.54) is 44.9 Å². The molecule has 3 atom stereocenters. The van der Waals surface area contributed by atoms with Gasteiger partial charge in [0.15, 0.2) is 0 Å². The zero-order chi connectivity index (χ0) is 22.0. The lowest BCUT2D eigenvalue weighted by molar-refractivity contribution is -0.126. The highest BCUT2D eigenvalue weighted by Gasteiger charge is 2.39. The molecule has 2 bridgehead atoms.